The van der Waals surface area contributed by atoms with E-state index in [0.717, 1.165) is 18.4 Å². The van der Waals surface area contributed by atoms with Gasteiger partial charge < -0.3 is 19.1 Å². The monoisotopic (exact) mass is 474 g/mol. The number of ether oxygens (including phenoxy) is 3. The molecule has 0 radical (unpaired) electrons. The standard InChI is InChI=1S/C24H30N2O6S/c1-30-22-10-9-20(16-23(22)33(28,29)26-11-14-31-15-12-26)24(27)25(18-21-8-5-13-32-21)17-19-6-3-2-4-7-19/h2-4,6-7,9-10,16,21H,5,8,11-15,17-18H2,1H3. The van der Waals surface area contributed by atoms with Crippen molar-refractivity contribution in [2.24, 2.45) is 0 Å². The predicted molar refractivity (Wildman–Crippen MR) is 123 cm³/mol. The summed E-state index contributed by atoms with van der Waals surface area (Å²) in [5, 5.41) is 0. The maximum atomic E-state index is 13.6. The zero-order chi connectivity index (χ0) is 23.3. The number of hydrogen-bond acceptors (Lipinski definition) is 6. The number of benzene rings is 2. The number of amides is 1. The summed E-state index contributed by atoms with van der Waals surface area (Å²) in [6, 6.07) is 14.3. The molecule has 0 N–H and O–H groups in total. The lowest BCUT2D eigenvalue weighted by molar-refractivity contribution is 0.0507. The molecule has 2 aromatic carbocycles. The number of rotatable bonds is 8. The summed E-state index contributed by atoms with van der Waals surface area (Å²) in [6.45, 7) is 2.77. The number of carbonyl (C=O) groups is 1. The number of hydrogen-bond donors (Lipinski definition) is 0. The molecule has 2 fully saturated rings. The lowest BCUT2D eigenvalue weighted by Gasteiger charge is -2.28. The molecule has 0 spiro atoms. The summed E-state index contributed by atoms with van der Waals surface area (Å²) in [6.07, 6.45) is 1.85. The Kier molecular flexibility index (Phi) is 7.64. The molecule has 1 unspecified atom stereocenters. The van der Waals surface area contributed by atoms with E-state index in [0.29, 0.717) is 38.5 Å². The first-order valence-corrected chi connectivity index (χ1v) is 12.6. The molecule has 2 aliphatic heterocycles. The normalized spacial score (nSPS) is 19.4. The molecule has 2 aromatic rings. The molecule has 178 valence electrons. The summed E-state index contributed by atoms with van der Waals surface area (Å²) < 4.78 is 44.4. The average Bonchev–Trinajstić information content (AvgIpc) is 3.37. The van der Waals surface area contributed by atoms with Crippen LogP contribution in [0.25, 0.3) is 0 Å². The van der Waals surface area contributed by atoms with E-state index in [1.165, 1.54) is 17.5 Å². The smallest absolute Gasteiger partial charge is 0.254 e. The van der Waals surface area contributed by atoms with E-state index in [-0.39, 0.29) is 35.7 Å². The van der Waals surface area contributed by atoms with Crippen LogP contribution in [0.4, 0.5) is 0 Å². The maximum Gasteiger partial charge on any atom is 0.254 e. The fourth-order valence-corrected chi connectivity index (χ4v) is 5.77. The Morgan fingerprint density at radius 3 is 2.55 bits per heavy atom. The van der Waals surface area contributed by atoms with Crippen LogP contribution in [0.1, 0.15) is 28.8 Å². The van der Waals surface area contributed by atoms with Crippen LogP contribution in [0.15, 0.2) is 53.4 Å². The number of nitrogens with zero attached hydrogens (tertiary/aromatic N) is 2. The van der Waals surface area contributed by atoms with E-state index in [2.05, 4.69) is 0 Å². The Hall–Kier alpha value is -2.46. The summed E-state index contributed by atoms with van der Waals surface area (Å²) in [4.78, 5) is 15.3. The van der Waals surface area contributed by atoms with Gasteiger partial charge in [-0.25, -0.2) is 8.42 Å². The zero-order valence-corrected chi connectivity index (χ0v) is 19.6. The molecule has 0 saturated carbocycles. The van der Waals surface area contributed by atoms with Gasteiger partial charge in [0.2, 0.25) is 10.0 Å². The van der Waals surface area contributed by atoms with E-state index in [4.69, 9.17) is 14.2 Å². The highest BCUT2D eigenvalue weighted by Crippen LogP contribution is 2.29. The minimum Gasteiger partial charge on any atom is -0.495 e. The van der Waals surface area contributed by atoms with Crippen LogP contribution < -0.4 is 4.74 Å². The second kappa shape index (κ2) is 10.6. The van der Waals surface area contributed by atoms with Crippen molar-refractivity contribution in [3.8, 4) is 5.75 Å². The van der Waals surface area contributed by atoms with Gasteiger partial charge in [-0.15, -0.1) is 0 Å². The number of sulfonamides is 1. The van der Waals surface area contributed by atoms with Crippen molar-refractivity contribution in [2.45, 2.75) is 30.4 Å². The van der Waals surface area contributed by atoms with Gasteiger partial charge in [0.1, 0.15) is 10.6 Å². The second-order valence-electron chi connectivity index (χ2n) is 8.19. The molecule has 9 heteroatoms. The van der Waals surface area contributed by atoms with E-state index in [9.17, 15) is 13.2 Å². The summed E-state index contributed by atoms with van der Waals surface area (Å²) in [5.41, 5.74) is 1.30. The van der Waals surface area contributed by atoms with Gasteiger partial charge in [0, 0.05) is 38.3 Å². The molecule has 0 bridgehead atoms. The highest BCUT2D eigenvalue weighted by molar-refractivity contribution is 7.89. The van der Waals surface area contributed by atoms with Crippen LogP contribution in [0.5, 0.6) is 5.75 Å². The van der Waals surface area contributed by atoms with Gasteiger partial charge in [0.05, 0.1) is 26.4 Å². The number of carbonyl (C=O) groups excluding carboxylic acids is 1. The van der Waals surface area contributed by atoms with E-state index >= 15 is 0 Å². The van der Waals surface area contributed by atoms with Crippen molar-refractivity contribution in [2.75, 3.05) is 46.6 Å². The van der Waals surface area contributed by atoms with Crippen molar-refractivity contribution >= 4 is 15.9 Å². The third-order valence-corrected chi connectivity index (χ3v) is 7.87. The molecule has 0 aliphatic carbocycles. The predicted octanol–water partition coefficient (Wildman–Crippen LogP) is 2.54. The molecule has 2 saturated heterocycles. The van der Waals surface area contributed by atoms with Crippen LogP contribution in [0.3, 0.4) is 0 Å². The largest absolute Gasteiger partial charge is 0.495 e. The minimum atomic E-state index is -3.83. The molecule has 8 nitrogen and oxygen atoms in total. The number of morpholine rings is 1. The van der Waals surface area contributed by atoms with Crippen LogP contribution in [0.2, 0.25) is 0 Å². The summed E-state index contributed by atoms with van der Waals surface area (Å²) >= 11 is 0. The van der Waals surface area contributed by atoms with Gasteiger partial charge in [-0.3, -0.25) is 4.79 Å². The first-order valence-electron chi connectivity index (χ1n) is 11.2. The van der Waals surface area contributed by atoms with Crippen molar-refractivity contribution in [1.82, 2.24) is 9.21 Å². The van der Waals surface area contributed by atoms with Gasteiger partial charge in [-0.05, 0) is 36.6 Å². The average molecular weight is 475 g/mol. The van der Waals surface area contributed by atoms with Gasteiger partial charge in [0.25, 0.3) is 5.91 Å². The van der Waals surface area contributed by atoms with Crippen molar-refractivity contribution in [1.29, 1.82) is 0 Å². The van der Waals surface area contributed by atoms with Crippen LogP contribution in [-0.2, 0) is 26.0 Å². The quantitative estimate of drug-likeness (QED) is 0.585. The van der Waals surface area contributed by atoms with Crippen LogP contribution in [-0.4, -0.2) is 76.2 Å². The summed E-state index contributed by atoms with van der Waals surface area (Å²) in [7, 11) is -2.41. The minimum absolute atomic E-state index is 0.00507. The van der Waals surface area contributed by atoms with Crippen molar-refractivity contribution in [3.05, 3.63) is 59.7 Å². The molecular formula is C24H30N2O6S. The maximum absolute atomic E-state index is 13.6. The Bertz CT molecular complexity index is 1050. The Labute approximate surface area is 195 Å². The lowest BCUT2D eigenvalue weighted by Crippen LogP contribution is -2.41. The highest BCUT2D eigenvalue weighted by atomic mass is 32.2. The Morgan fingerprint density at radius 1 is 1.12 bits per heavy atom. The molecule has 33 heavy (non-hydrogen) atoms. The highest BCUT2D eigenvalue weighted by Gasteiger charge is 2.31. The lowest BCUT2D eigenvalue weighted by atomic mass is 10.1. The van der Waals surface area contributed by atoms with Crippen LogP contribution in [0, 0.1) is 0 Å². The van der Waals surface area contributed by atoms with Gasteiger partial charge in [-0.1, -0.05) is 30.3 Å². The number of methoxy groups -OCH3 is 1. The van der Waals surface area contributed by atoms with E-state index in [1.54, 1.807) is 17.0 Å². The van der Waals surface area contributed by atoms with Gasteiger partial charge >= 0.3 is 0 Å². The fraction of sp³-hybridized carbons (Fsp3) is 0.458. The first kappa shape index (κ1) is 23.7. The molecule has 4 rings (SSSR count). The third kappa shape index (κ3) is 5.55. The molecule has 1 amide bonds. The summed E-state index contributed by atoms with van der Waals surface area (Å²) in [5.74, 6) is -0.0257. The molecular weight excluding hydrogens is 444 g/mol. The molecule has 0 aromatic heterocycles. The van der Waals surface area contributed by atoms with Gasteiger partial charge in [0.15, 0.2) is 0 Å². The topological polar surface area (TPSA) is 85.4 Å². The third-order valence-electron chi connectivity index (χ3n) is 5.95. The fourth-order valence-electron chi connectivity index (χ4n) is 4.18. The molecule has 2 aliphatic rings. The van der Waals surface area contributed by atoms with Crippen LogP contribution >= 0.6 is 0 Å². The van der Waals surface area contributed by atoms with Crippen molar-refractivity contribution in [3.63, 3.8) is 0 Å². The Balaban J connectivity index is 1.64. The van der Waals surface area contributed by atoms with Crippen molar-refractivity contribution < 1.29 is 27.4 Å². The Morgan fingerprint density at radius 2 is 1.88 bits per heavy atom. The van der Waals surface area contributed by atoms with Gasteiger partial charge in [-0.2, -0.15) is 4.31 Å². The molecule has 1 atom stereocenters. The van der Waals surface area contributed by atoms with E-state index < -0.39 is 10.0 Å². The van der Waals surface area contributed by atoms with E-state index in [1.807, 2.05) is 30.3 Å². The zero-order valence-electron chi connectivity index (χ0n) is 18.8. The SMILES string of the molecule is COc1ccc(C(=O)N(Cc2ccccc2)CC2CCCO2)cc1S(=O)(=O)N1CCOCC1. The second-order valence-corrected chi connectivity index (χ2v) is 10.1. The first-order chi connectivity index (χ1) is 16.0. The molecule has 2 heterocycles.